The molecule has 8 heteroatoms. The van der Waals surface area contributed by atoms with Gasteiger partial charge in [0.2, 0.25) is 5.16 Å². The maximum Gasteiger partial charge on any atom is 0.213 e. The molecule has 0 aliphatic rings. The van der Waals surface area contributed by atoms with Crippen molar-refractivity contribution in [2.24, 2.45) is 0 Å². The number of H-pyrrole nitrogens is 1. The number of thioether (sulfide) groups is 1. The van der Waals surface area contributed by atoms with Crippen molar-refractivity contribution < 1.29 is 14.6 Å². The number of aromatic amines is 1. The Kier molecular flexibility index (Phi) is 6.62. The smallest absolute Gasteiger partial charge is 0.213 e. The van der Waals surface area contributed by atoms with E-state index in [4.69, 9.17) is 4.74 Å². The molecule has 0 amide bonds. The van der Waals surface area contributed by atoms with E-state index < -0.39 is 5.97 Å². The Morgan fingerprint density at radius 2 is 2.33 bits per heavy atom. The number of nitrogens with one attached hydrogen (secondary N) is 1. The number of aromatic nitrogens is 3. The van der Waals surface area contributed by atoms with Gasteiger partial charge in [-0.15, -0.1) is 5.10 Å². The van der Waals surface area contributed by atoms with Gasteiger partial charge < -0.3 is 14.6 Å². The zero-order valence-electron chi connectivity index (χ0n) is 12.9. The minimum Gasteiger partial charge on any atom is -0.544 e. The summed E-state index contributed by atoms with van der Waals surface area (Å²) in [5.41, 5.74) is 0.601. The van der Waals surface area contributed by atoms with Crippen LogP contribution in [-0.2, 0) is 11.2 Å². The van der Waals surface area contributed by atoms with E-state index in [2.05, 4.69) is 37.7 Å². The standard InChI is InChI=1S/C16H16BrN3O3S/c1-3-7-23-12-6-5-11(17)8-10(12)9-13(15(21)22)24-16-18-14(4-2)19-20-16/h3,5-6,8-9H,1,4,7H2,2H3,(H,21,22)(H,18,19,20)/p-1/b13-9-. The SMILES string of the molecule is C=CCOc1ccc(Br)cc1/C=C(\Sc1n[nH]c(CC)n1)C(=O)[O-]. The number of carboxylic acids is 1. The van der Waals surface area contributed by atoms with Gasteiger partial charge >= 0.3 is 0 Å². The molecule has 1 aromatic carbocycles. The van der Waals surface area contributed by atoms with Crippen molar-refractivity contribution in [3.63, 3.8) is 0 Å². The Hall–Kier alpha value is -2.06. The average Bonchev–Trinajstić information content (AvgIpc) is 3.01. The summed E-state index contributed by atoms with van der Waals surface area (Å²) in [6.45, 7) is 5.84. The topological polar surface area (TPSA) is 90.9 Å². The van der Waals surface area contributed by atoms with Gasteiger partial charge in [0.1, 0.15) is 18.2 Å². The van der Waals surface area contributed by atoms with Gasteiger partial charge in [-0.25, -0.2) is 4.98 Å². The van der Waals surface area contributed by atoms with Crippen molar-refractivity contribution in [3.05, 3.63) is 51.6 Å². The first-order chi connectivity index (χ1) is 11.5. The van der Waals surface area contributed by atoms with Gasteiger partial charge in [0, 0.05) is 21.4 Å². The molecule has 0 radical (unpaired) electrons. The third-order valence-electron chi connectivity index (χ3n) is 2.86. The van der Waals surface area contributed by atoms with Crippen LogP contribution in [0.3, 0.4) is 0 Å². The summed E-state index contributed by atoms with van der Waals surface area (Å²) in [4.78, 5) is 15.6. The molecule has 0 saturated heterocycles. The number of carbonyl (C=O) groups is 1. The number of carbonyl (C=O) groups excluding carboxylic acids is 1. The van der Waals surface area contributed by atoms with Crippen LogP contribution in [0.15, 0.2) is 45.4 Å². The maximum absolute atomic E-state index is 11.5. The quantitative estimate of drug-likeness (QED) is 0.410. The molecule has 0 aliphatic carbocycles. The van der Waals surface area contributed by atoms with E-state index in [1.165, 1.54) is 6.08 Å². The summed E-state index contributed by atoms with van der Waals surface area (Å²) in [5.74, 6) is -0.0770. The molecule has 24 heavy (non-hydrogen) atoms. The van der Waals surface area contributed by atoms with Crippen LogP contribution < -0.4 is 9.84 Å². The highest BCUT2D eigenvalue weighted by molar-refractivity contribution is 9.10. The number of rotatable bonds is 8. The second-order valence-electron chi connectivity index (χ2n) is 4.60. The minimum absolute atomic E-state index is 0.0155. The Morgan fingerprint density at radius 3 is 2.96 bits per heavy atom. The number of nitrogens with zero attached hydrogens (tertiary/aromatic N) is 2. The molecule has 2 aromatic rings. The average molecular weight is 409 g/mol. The Morgan fingerprint density at radius 1 is 1.54 bits per heavy atom. The van der Waals surface area contributed by atoms with E-state index >= 15 is 0 Å². The van der Waals surface area contributed by atoms with E-state index in [-0.39, 0.29) is 4.91 Å². The first-order valence-corrected chi connectivity index (χ1v) is 8.69. The fraction of sp³-hybridized carbons (Fsp3) is 0.188. The Bertz CT molecular complexity index is 774. The number of ether oxygens (including phenoxy) is 1. The highest BCUT2D eigenvalue weighted by Gasteiger charge is 2.10. The molecule has 0 atom stereocenters. The summed E-state index contributed by atoms with van der Waals surface area (Å²) >= 11 is 4.29. The number of aliphatic carboxylic acids is 1. The van der Waals surface area contributed by atoms with Crippen LogP contribution >= 0.6 is 27.7 Å². The molecule has 1 heterocycles. The Labute approximate surface area is 152 Å². The van der Waals surface area contributed by atoms with E-state index in [1.807, 2.05) is 13.0 Å². The van der Waals surface area contributed by atoms with Crippen LogP contribution in [0.1, 0.15) is 18.3 Å². The van der Waals surface area contributed by atoms with Crippen LogP contribution in [0.25, 0.3) is 6.08 Å². The van der Waals surface area contributed by atoms with Gasteiger partial charge in [-0.3, -0.25) is 5.10 Å². The Balaban J connectivity index is 2.34. The number of hydrogen-bond donors (Lipinski definition) is 1. The molecule has 0 saturated carbocycles. The van der Waals surface area contributed by atoms with E-state index in [9.17, 15) is 9.90 Å². The number of aryl methyl sites for hydroxylation is 1. The summed E-state index contributed by atoms with van der Waals surface area (Å²) in [5, 5.41) is 18.5. The lowest BCUT2D eigenvalue weighted by Gasteiger charge is -2.10. The number of carboxylic acid groups (broad SMARTS) is 1. The van der Waals surface area contributed by atoms with Gasteiger partial charge in [-0.05, 0) is 36.0 Å². The molecule has 0 spiro atoms. The van der Waals surface area contributed by atoms with Crippen molar-refractivity contribution in [2.75, 3.05) is 6.61 Å². The fourth-order valence-corrected chi connectivity index (χ4v) is 2.86. The largest absolute Gasteiger partial charge is 0.544 e. The lowest BCUT2D eigenvalue weighted by molar-refractivity contribution is -0.297. The van der Waals surface area contributed by atoms with Crippen LogP contribution in [0.2, 0.25) is 0 Å². The molecule has 1 aromatic heterocycles. The highest BCUT2D eigenvalue weighted by atomic mass is 79.9. The number of halogens is 1. The molecular weight excluding hydrogens is 394 g/mol. The number of hydrogen-bond acceptors (Lipinski definition) is 6. The summed E-state index contributed by atoms with van der Waals surface area (Å²) in [6.07, 6.45) is 3.78. The highest BCUT2D eigenvalue weighted by Crippen LogP contribution is 2.30. The molecule has 0 aliphatic heterocycles. The van der Waals surface area contributed by atoms with Crippen molar-refractivity contribution in [3.8, 4) is 5.75 Å². The molecule has 0 bridgehead atoms. The van der Waals surface area contributed by atoms with E-state index in [0.717, 1.165) is 16.2 Å². The fourth-order valence-electron chi connectivity index (χ4n) is 1.76. The third kappa shape index (κ3) is 4.97. The molecule has 6 nitrogen and oxygen atoms in total. The molecule has 2 rings (SSSR count). The van der Waals surface area contributed by atoms with Gasteiger partial charge in [-0.1, -0.05) is 35.5 Å². The van der Waals surface area contributed by atoms with Crippen molar-refractivity contribution in [1.29, 1.82) is 0 Å². The van der Waals surface area contributed by atoms with Crippen molar-refractivity contribution >= 4 is 39.7 Å². The van der Waals surface area contributed by atoms with Gasteiger partial charge in [-0.2, -0.15) is 0 Å². The second kappa shape index (κ2) is 8.70. The van der Waals surface area contributed by atoms with E-state index in [1.54, 1.807) is 18.2 Å². The second-order valence-corrected chi connectivity index (χ2v) is 6.52. The van der Waals surface area contributed by atoms with Crippen LogP contribution in [0.5, 0.6) is 5.75 Å². The van der Waals surface area contributed by atoms with Gasteiger partial charge in [0.05, 0.1) is 5.97 Å². The predicted molar refractivity (Wildman–Crippen MR) is 94.4 cm³/mol. The van der Waals surface area contributed by atoms with E-state index in [0.29, 0.717) is 35.3 Å². The monoisotopic (exact) mass is 408 g/mol. The molecule has 126 valence electrons. The minimum atomic E-state index is -1.31. The zero-order chi connectivity index (χ0) is 17.5. The third-order valence-corrected chi connectivity index (χ3v) is 4.23. The predicted octanol–water partition coefficient (Wildman–Crippen LogP) is 2.58. The first-order valence-electron chi connectivity index (χ1n) is 7.09. The molecule has 1 N–H and O–H groups in total. The molecule has 0 unspecified atom stereocenters. The summed E-state index contributed by atoms with van der Waals surface area (Å²) in [7, 11) is 0. The van der Waals surface area contributed by atoms with Gasteiger partial charge in [0.25, 0.3) is 0 Å². The summed E-state index contributed by atoms with van der Waals surface area (Å²) in [6, 6.07) is 5.32. The first kappa shape index (κ1) is 18.3. The number of benzene rings is 1. The van der Waals surface area contributed by atoms with Crippen LogP contribution in [-0.4, -0.2) is 27.8 Å². The molecular formula is C16H15BrN3O3S-. The zero-order valence-corrected chi connectivity index (χ0v) is 15.3. The van der Waals surface area contributed by atoms with Gasteiger partial charge in [0.15, 0.2) is 0 Å². The van der Waals surface area contributed by atoms with Crippen LogP contribution in [0, 0.1) is 0 Å². The lowest BCUT2D eigenvalue weighted by Crippen LogP contribution is -2.23. The summed E-state index contributed by atoms with van der Waals surface area (Å²) < 4.78 is 6.35. The van der Waals surface area contributed by atoms with Crippen molar-refractivity contribution in [2.45, 2.75) is 18.5 Å². The molecule has 0 fully saturated rings. The van der Waals surface area contributed by atoms with Crippen LogP contribution in [0.4, 0.5) is 0 Å². The lowest BCUT2D eigenvalue weighted by atomic mass is 10.2. The maximum atomic E-state index is 11.5. The normalized spacial score (nSPS) is 11.3. The van der Waals surface area contributed by atoms with Crippen molar-refractivity contribution in [1.82, 2.24) is 15.2 Å².